The third-order valence-electron chi connectivity index (χ3n) is 4.31. The molecule has 1 atom stereocenters. The van der Waals surface area contributed by atoms with Crippen LogP contribution in [-0.4, -0.2) is 18.4 Å². The summed E-state index contributed by atoms with van der Waals surface area (Å²) in [6, 6.07) is 6.06. The second-order valence-electron chi connectivity index (χ2n) is 5.67. The summed E-state index contributed by atoms with van der Waals surface area (Å²) in [6.45, 7) is 2.65. The Labute approximate surface area is 118 Å². The number of fused-ring (bicyclic) bond motifs is 2. The Morgan fingerprint density at radius 1 is 1.35 bits per heavy atom. The molecule has 4 heteroatoms. The van der Waals surface area contributed by atoms with Crippen molar-refractivity contribution in [2.45, 2.75) is 44.4 Å². The molecule has 2 aliphatic heterocycles. The Kier molecular flexibility index (Phi) is 3.24. The van der Waals surface area contributed by atoms with E-state index < -0.39 is 5.41 Å². The molecule has 1 unspecified atom stereocenters. The van der Waals surface area contributed by atoms with Crippen molar-refractivity contribution in [3.05, 3.63) is 29.3 Å². The van der Waals surface area contributed by atoms with Gasteiger partial charge >= 0.3 is 0 Å². The molecule has 1 N–H and O–H groups in total. The normalized spacial score (nSPS) is 24.4. The number of unbranched alkanes of at least 4 members (excludes halogenated alkanes) is 1. The number of aryl methyl sites for hydroxylation is 1. The van der Waals surface area contributed by atoms with Crippen LogP contribution in [0.3, 0.4) is 0 Å². The first-order chi connectivity index (χ1) is 9.65. The van der Waals surface area contributed by atoms with E-state index in [2.05, 4.69) is 24.4 Å². The number of carbonyl (C=O) groups is 2. The summed E-state index contributed by atoms with van der Waals surface area (Å²) in [5.41, 5.74) is 1.40. The Morgan fingerprint density at radius 2 is 2.20 bits per heavy atom. The highest BCUT2D eigenvalue weighted by atomic mass is 16.5. The molecule has 0 aromatic heterocycles. The minimum Gasteiger partial charge on any atom is -0.493 e. The van der Waals surface area contributed by atoms with Crippen LogP contribution in [0.15, 0.2) is 18.2 Å². The molecule has 1 spiro atoms. The van der Waals surface area contributed by atoms with Crippen molar-refractivity contribution >= 4 is 11.8 Å². The molecule has 3 rings (SSSR count). The van der Waals surface area contributed by atoms with Gasteiger partial charge in [0.25, 0.3) is 0 Å². The van der Waals surface area contributed by atoms with Crippen LogP contribution in [0.25, 0.3) is 0 Å². The van der Waals surface area contributed by atoms with Gasteiger partial charge in [0.2, 0.25) is 11.8 Å². The van der Waals surface area contributed by atoms with Gasteiger partial charge in [0.05, 0.1) is 12.0 Å². The Morgan fingerprint density at radius 3 is 2.90 bits per heavy atom. The molecule has 1 aromatic carbocycles. The second kappa shape index (κ2) is 4.93. The Balaban J connectivity index is 2.02. The van der Waals surface area contributed by atoms with E-state index in [0.717, 1.165) is 30.6 Å². The summed E-state index contributed by atoms with van der Waals surface area (Å²) < 4.78 is 5.66. The molecule has 1 fully saturated rings. The quantitative estimate of drug-likeness (QED) is 0.858. The van der Waals surface area contributed by atoms with Gasteiger partial charge in [-0.05, 0) is 24.5 Å². The van der Waals surface area contributed by atoms with Crippen LogP contribution in [0.4, 0.5) is 0 Å². The number of ether oxygens (including phenoxy) is 1. The third kappa shape index (κ3) is 1.99. The number of carbonyl (C=O) groups excluding carboxylic acids is 2. The van der Waals surface area contributed by atoms with Gasteiger partial charge in [-0.2, -0.15) is 0 Å². The maximum atomic E-state index is 12.3. The molecule has 0 bridgehead atoms. The SMILES string of the molecule is CCCCc1ccc2c(c1)C1(CCO2)CC(=O)NC1=O. The van der Waals surface area contributed by atoms with Crippen LogP contribution in [0, 0.1) is 0 Å². The van der Waals surface area contributed by atoms with Gasteiger partial charge in [-0.3, -0.25) is 14.9 Å². The van der Waals surface area contributed by atoms with Crippen LogP contribution in [0.1, 0.15) is 43.7 Å². The maximum absolute atomic E-state index is 12.3. The maximum Gasteiger partial charge on any atom is 0.238 e. The lowest BCUT2D eigenvalue weighted by molar-refractivity contribution is -0.127. The van der Waals surface area contributed by atoms with Crippen LogP contribution < -0.4 is 10.1 Å². The number of benzene rings is 1. The molecule has 106 valence electrons. The van der Waals surface area contributed by atoms with Gasteiger partial charge in [0.15, 0.2) is 0 Å². The van der Waals surface area contributed by atoms with Crippen molar-refractivity contribution in [3.8, 4) is 5.75 Å². The van der Waals surface area contributed by atoms with Crippen LogP contribution in [-0.2, 0) is 21.4 Å². The van der Waals surface area contributed by atoms with Crippen LogP contribution in [0.2, 0.25) is 0 Å². The molecule has 2 aliphatic rings. The fraction of sp³-hybridized carbons (Fsp3) is 0.500. The molecule has 1 aromatic rings. The molecule has 20 heavy (non-hydrogen) atoms. The topological polar surface area (TPSA) is 55.4 Å². The number of nitrogens with one attached hydrogen (secondary N) is 1. The van der Waals surface area contributed by atoms with Gasteiger partial charge < -0.3 is 4.74 Å². The fourth-order valence-electron chi connectivity index (χ4n) is 3.15. The van der Waals surface area contributed by atoms with Crippen molar-refractivity contribution in [2.75, 3.05) is 6.61 Å². The second-order valence-corrected chi connectivity index (χ2v) is 5.67. The van der Waals surface area contributed by atoms with Crippen molar-refractivity contribution in [1.82, 2.24) is 5.32 Å². The van der Waals surface area contributed by atoms with E-state index in [0.29, 0.717) is 13.0 Å². The zero-order chi connectivity index (χ0) is 14.2. The smallest absolute Gasteiger partial charge is 0.238 e. The van der Waals surface area contributed by atoms with E-state index in [1.165, 1.54) is 5.56 Å². The molecule has 0 saturated carbocycles. The lowest BCUT2D eigenvalue weighted by Gasteiger charge is -2.32. The largest absolute Gasteiger partial charge is 0.493 e. The highest BCUT2D eigenvalue weighted by Crippen LogP contribution is 2.44. The van der Waals surface area contributed by atoms with E-state index in [1.807, 2.05) is 6.07 Å². The lowest BCUT2D eigenvalue weighted by atomic mass is 9.74. The number of imide groups is 1. The molecule has 0 aliphatic carbocycles. The van der Waals surface area contributed by atoms with Crippen molar-refractivity contribution in [1.29, 1.82) is 0 Å². The molecule has 1 saturated heterocycles. The van der Waals surface area contributed by atoms with E-state index >= 15 is 0 Å². The third-order valence-corrected chi connectivity index (χ3v) is 4.31. The number of hydrogen-bond donors (Lipinski definition) is 1. The van der Waals surface area contributed by atoms with Gasteiger partial charge in [-0.1, -0.05) is 25.5 Å². The van der Waals surface area contributed by atoms with E-state index in [-0.39, 0.29) is 18.2 Å². The van der Waals surface area contributed by atoms with E-state index in [1.54, 1.807) is 0 Å². The minimum absolute atomic E-state index is 0.167. The molecular formula is C16H19NO3. The predicted molar refractivity (Wildman–Crippen MR) is 74.6 cm³/mol. The van der Waals surface area contributed by atoms with E-state index in [9.17, 15) is 9.59 Å². The fourth-order valence-corrected chi connectivity index (χ4v) is 3.15. The van der Waals surface area contributed by atoms with Crippen molar-refractivity contribution in [2.24, 2.45) is 0 Å². The molecule has 0 radical (unpaired) electrons. The summed E-state index contributed by atoms with van der Waals surface area (Å²) in [4.78, 5) is 23.9. The van der Waals surface area contributed by atoms with Crippen molar-refractivity contribution in [3.63, 3.8) is 0 Å². The van der Waals surface area contributed by atoms with Crippen LogP contribution in [0.5, 0.6) is 5.75 Å². The highest BCUT2D eigenvalue weighted by Gasteiger charge is 2.51. The first-order valence-electron chi connectivity index (χ1n) is 7.26. The standard InChI is InChI=1S/C16H19NO3/c1-2-3-4-11-5-6-13-12(9-11)16(7-8-20-13)10-14(18)17-15(16)19/h5-6,9H,2-4,7-8,10H2,1H3,(H,17,18,19). The van der Waals surface area contributed by atoms with Gasteiger partial charge in [-0.25, -0.2) is 0 Å². The zero-order valence-corrected chi connectivity index (χ0v) is 11.7. The molecule has 2 amide bonds. The molecule has 4 nitrogen and oxygen atoms in total. The predicted octanol–water partition coefficient (Wildman–Crippen LogP) is 2.10. The van der Waals surface area contributed by atoms with Gasteiger partial charge in [0.1, 0.15) is 5.75 Å². The number of rotatable bonds is 3. The average Bonchev–Trinajstić information content (AvgIpc) is 2.72. The average molecular weight is 273 g/mol. The minimum atomic E-state index is -0.701. The summed E-state index contributed by atoms with van der Waals surface area (Å²) in [6.07, 6.45) is 4.08. The summed E-state index contributed by atoms with van der Waals surface area (Å²) >= 11 is 0. The number of hydrogen-bond acceptors (Lipinski definition) is 3. The summed E-state index contributed by atoms with van der Waals surface area (Å²) in [5, 5.41) is 2.45. The van der Waals surface area contributed by atoms with E-state index in [4.69, 9.17) is 4.74 Å². The monoisotopic (exact) mass is 273 g/mol. The molecule has 2 heterocycles. The zero-order valence-electron chi connectivity index (χ0n) is 11.7. The first kappa shape index (κ1) is 13.2. The Hall–Kier alpha value is -1.84. The van der Waals surface area contributed by atoms with Crippen LogP contribution >= 0.6 is 0 Å². The molecular weight excluding hydrogens is 254 g/mol. The Bertz CT molecular complexity index is 567. The highest BCUT2D eigenvalue weighted by molar-refractivity contribution is 6.09. The van der Waals surface area contributed by atoms with Crippen molar-refractivity contribution < 1.29 is 14.3 Å². The van der Waals surface area contributed by atoms with Gasteiger partial charge in [0, 0.05) is 18.4 Å². The lowest BCUT2D eigenvalue weighted by Crippen LogP contribution is -2.40. The first-order valence-corrected chi connectivity index (χ1v) is 7.26. The summed E-state index contributed by atoms with van der Waals surface area (Å²) in [7, 11) is 0. The van der Waals surface area contributed by atoms with Gasteiger partial charge in [-0.15, -0.1) is 0 Å². The number of amides is 2. The summed E-state index contributed by atoms with van der Waals surface area (Å²) in [5.74, 6) is 0.405.